The lowest BCUT2D eigenvalue weighted by atomic mass is 9.93. The summed E-state index contributed by atoms with van der Waals surface area (Å²) in [7, 11) is 0. The number of piperidine rings is 1. The van der Waals surface area contributed by atoms with Gasteiger partial charge >= 0.3 is 0 Å². The zero-order chi connectivity index (χ0) is 24.4. The number of non-ortho nitro benzene ring substituents is 1. The molecule has 1 saturated carbocycles. The minimum Gasteiger partial charge on any atom is -0.371 e. The third-order valence-corrected chi connectivity index (χ3v) is 7.46. The molecular formula is C24H24F2N6O3. The Labute approximate surface area is 199 Å². The third-order valence-electron chi connectivity index (χ3n) is 7.46. The van der Waals surface area contributed by atoms with Crippen LogP contribution in [0.3, 0.4) is 0 Å². The number of rotatable bonds is 5. The van der Waals surface area contributed by atoms with Gasteiger partial charge in [-0.1, -0.05) is 0 Å². The van der Waals surface area contributed by atoms with Crippen LogP contribution in [0, 0.1) is 15.5 Å². The Morgan fingerprint density at radius 2 is 1.77 bits per heavy atom. The standard InChI is InChI=1S/C24H24F2N6O3/c25-24(26)14-30(15-24)21-12-16(11-17-3-8-27-31(17)21)28-22(33)19-2-1-18(32(34)35)13-20(19)29-9-6-23(4-5-23)7-10-29/h1-3,8,11-13H,4-7,9-10,14-15H2,(H,28,33). The quantitative estimate of drug-likeness (QED) is 0.430. The molecule has 2 aliphatic heterocycles. The van der Waals surface area contributed by atoms with Crippen LogP contribution in [0.2, 0.25) is 0 Å². The highest BCUT2D eigenvalue weighted by molar-refractivity contribution is 6.08. The summed E-state index contributed by atoms with van der Waals surface area (Å²) in [5, 5.41) is 18.5. The van der Waals surface area contributed by atoms with E-state index in [9.17, 15) is 23.7 Å². The molecule has 1 aromatic carbocycles. The Hall–Kier alpha value is -3.76. The number of aromatic nitrogens is 2. The summed E-state index contributed by atoms with van der Waals surface area (Å²) in [6.07, 6.45) is 6.05. The molecule has 11 heteroatoms. The fraction of sp³-hybridized carbons (Fsp3) is 0.417. The predicted molar refractivity (Wildman–Crippen MR) is 127 cm³/mol. The highest BCUT2D eigenvalue weighted by Crippen LogP contribution is 2.54. The normalized spacial score (nSPS) is 20.1. The number of benzene rings is 1. The van der Waals surface area contributed by atoms with Crippen LogP contribution < -0.4 is 15.1 Å². The van der Waals surface area contributed by atoms with E-state index in [-0.39, 0.29) is 5.69 Å². The van der Waals surface area contributed by atoms with Gasteiger partial charge in [0.2, 0.25) is 0 Å². The maximum absolute atomic E-state index is 13.5. The van der Waals surface area contributed by atoms with Crippen LogP contribution >= 0.6 is 0 Å². The number of halogens is 2. The summed E-state index contributed by atoms with van der Waals surface area (Å²) >= 11 is 0. The van der Waals surface area contributed by atoms with Crippen molar-refractivity contribution in [1.29, 1.82) is 0 Å². The Balaban J connectivity index is 1.30. The number of nitrogens with one attached hydrogen (secondary N) is 1. The topological polar surface area (TPSA) is 96.0 Å². The maximum Gasteiger partial charge on any atom is 0.282 e. The largest absolute Gasteiger partial charge is 0.371 e. The van der Waals surface area contributed by atoms with Crippen LogP contribution in [0.25, 0.3) is 5.52 Å². The SMILES string of the molecule is O=C(Nc1cc(N2CC(F)(F)C2)n2nccc2c1)c1ccc([N+](=O)[O-])cc1N1CCC2(CC1)CC2. The van der Waals surface area contributed by atoms with Gasteiger partial charge in [0.1, 0.15) is 5.82 Å². The molecule has 182 valence electrons. The van der Waals surface area contributed by atoms with E-state index in [2.05, 4.69) is 15.3 Å². The van der Waals surface area contributed by atoms with Crippen LogP contribution in [0.15, 0.2) is 42.6 Å². The summed E-state index contributed by atoms with van der Waals surface area (Å²) in [5.41, 5.74) is 2.33. The van der Waals surface area contributed by atoms with Gasteiger partial charge in [-0.2, -0.15) is 5.10 Å². The van der Waals surface area contributed by atoms with Crippen LogP contribution in [0.4, 0.5) is 31.7 Å². The zero-order valence-electron chi connectivity index (χ0n) is 18.9. The Kier molecular flexibility index (Phi) is 4.74. The zero-order valence-corrected chi connectivity index (χ0v) is 18.9. The Bertz CT molecular complexity index is 1330. The molecule has 0 bridgehead atoms. The van der Waals surface area contributed by atoms with Crippen molar-refractivity contribution in [2.75, 3.05) is 41.3 Å². The molecule has 0 radical (unpaired) electrons. The van der Waals surface area contributed by atoms with E-state index < -0.39 is 29.8 Å². The van der Waals surface area contributed by atoms with Gasteiger partial charge in [0, 0.05) is 37.0 Å². The van der Waals surface area contributed by atoms with Crippen molar-refractivity contribution in [3.05, 3.63) is 58.3 Å². The molecule has 35 heavy (non-hydrogen) atoms. The first kappa shape index (κ1) is 21.8. The van der Waals surface area contributed by atoms with Gasteiger partial charge in [-0.15, -0.1) is 0 Å². The summed E-state index contributed by atoms with van der Waals surface area (Å²) in [6.45, 7) is 0.664. The fourth-order valence-electron chi connectivity index (χ4n) is 5.17. The number of carbonyl (C=O) groups is 1. The van der Waals surface area contributed by atoms with Crippen LogP contribution in [0.1, 0.15) is 36.0 Å². The molecule has 0 unspecified atom stereocenters. The molecule has 1 N–H and O–H groups in total. The van der Waals surface area contributed by atoms with Crippen molar-refractivity contribution in [2.24, 2.45) is 5.41 Å². The molecule has 0 atom stereocenters. The van der Waals surface area contributed by atoms with Crippen molar-refractivity contribution in [1.82, 2.24) is 9.61 Å². The second kappa shape index (κ2) is 7.62. The molecule has 9 nitrogen and oxygen atoms in total. The van der Waals surface area contributed by atoms with Crippen LogP contribution in [0.5, 0.6) is 0 Å². The average molecular weight is 482 g/mol. The smallest absolute Gasteiger partial charge is 0.282 e. The van der Waals surface area contributed by atoms with Gasteiger partial charge in [0.25, 0.3) is 17.5 Å². The Morgan fingerprint density at radius 1 is 1.03 bits per heavy atom. The second-order valence-corrected chi connectivity index (χ2v) is 9.88. The van der Waals surface area contributed by atoms with Crippen LogP contribution in [-0.2, 0) is 0 Å². The molecule has 2 saturated heterocycles. The van der Waals surface area contributed by atoms with Gasteiger partial charge < -0.3 is 15.1 Å². The van der Waals surface area contributed by atoms with Gasteiger partial charge in [-0.3, -0.25) is 14.9 Å². The van der Waals surface area contributed by atoms with Gasteiger partial charge in [0.15, 0.2) is 0 Å². The number of nitro benzene ring substituents is 1. The molecule has 6 rings (SSSR count). The molecule has 2 aromatic heterocycles. The Morgan fingerprint density at radius 3 is 2.43 bits per heavy atom. The van der Waals surface area contributed by atoms with Gasteiger partial charge in [-0.05, 0) is 49.3 Å². The first-order valence-electron chi connectivity index (χ1n) is 11.7. The first-order valence-corrected chi connectivity index (χ1v) is 11.7. The lowest BCUT2D eigenvalue weighted by Crippen LogP contribution is -2.57. The molecule has 4 heterocycles. The van der Waals surface area contributed by atoms with Gasteiger partial charge in [0.05, 0.1) is 41.0 Å². The number of carbonyl (C=O) groups excluding carboxylic acids is 1. The highest BCUT2D eigenvalue weighted by atomic mass is 19.3. The van der Waals surface area contributed by atoms with E-state index in [1.807, 2.05) is 0 Å². The number of fused-ring (bicyclic) bond motifs is 1. The summed E-state index contributed by atoms with van der Waals surface area (Å²) < 4.78 is 28.6. The van der Waals surface area contributed by atoms with E-state index in [4.69, 9.17) is 0 Å². The van der Waals surface area contributed by atoms with Crippen molar-refractivity contribution in [3.63, 3.8) is 0 Å². The lowest BCUT2D eigenvalue weighted by molar-refractivity contribution is -0.384. The predicted octanol–water partition coefficient (Wildman–Crippen LogP) is 4.33. The minimum atomic E-state index is -2.75. The van der Waals surface area contributed by atoms with E-state index in [1.54, 1.807) is 28.9 Å². The van der Waals surface area contributed by atoms with Crippen LogP contribution in [-0.4, -0.2) is 52.5 Å². The monoisotopic (exact) mass is 482 g/mol. The molecule has 1 amide bonds. The highest BCUT2D eigenvalue weighted by Gasteiger charge is 2.45. The lowest BCUT2D eigenvalue weighted by Gasteiger charge is -2.40. The summed E-state index contributed by atoms with van der Waals surface area (Å²) in [4.78, 5) is 27.9. The van der Waals surface area contributed by atoms with E-state index in [1.165, 1.54) is 35.9 Å². The number of pyridine rings is 1. The van der Waals surface area contributed by atoms with E-state index in [0.717, 1.165) is 25.9 Å². The molecule has 3 aromatic rings. The molecular weight excluding hydrogens is 458 g/mol. The number of nitrogens with zero attached hydrogens (tertiary/aromatic N) is 5. The number of alkyl halides is 2. The number of nitro groups is 1. The van der Waals surface area contributed by atoms with Crippen molar-refractivity contribution in [2.45, 2.75) is 31.6 Å². The number of hydrogen-bond donors (Lipinski definition) is 1. The maximum atomic E-state index is 13.5. The molecule has 3 aliphatic rings. The third kappa shape index (κ3) is 3.94. The first-order chi connectivity index (χ1) is 16.7. The summed E-state index contributed by atoms with van der Waals surface area (Å²) in [6, 6.07) is 9.35. The van der Waals surface area contributed by atoms with Crippen molar-refractivity contribution in [3.8, 4) is 0 Å². The van der Waals surface area contributed by atoms with Gasteiger partial charge in [-0.25, -0.2) is 13.3 Å². The van der Waals surface area contributed by atoms with Crippen molar-refractivity contribution < 1.29 is 18.5 Å². The summed E-state index contributed by atoms with van der Waals surface area (Å²) in [5.74, 6) is -2.70. The van der Waals surface area contributed by atoms with Crippen molar-refractivity contribution >= 4 is 34.3 Å². The number of amides is 1. The second-order valence-electron chi connectivity index (χ2n) is 9.88. The van der Waals surface area contributed by atoms with E-state index >= 15 is 0 Å². The molecule has 1 spiro atoms. The molecule has 1 aliphatic carbocycles. The minimum absolute atomic E-state index is 0.0649. The average Bonchev–Trinajstić information content (AvgIpc) is 3.39. The van der Waals surface area contributed by atoms with E-state index in [0.29, 0.717) is 33.7 Å². The number of hydrogen-bond acceptors (Lipinski definition) is 6. The number of anilines is 3. The fourth-order valence-corrected chi connectivity index (χ4v) is 5.17. The molecule has 3 fully saturated rings.